The third kappa shape index (κ3) is 4.19. The lowest BCUT2D eigenvalue weighted by molar-refractivity contribution is -0.121. The number of nitrogens with zero attached hydrogens (tertiary/aromatic N) is 1. The van der Waals surface area contributed by atoms with Crippen molar-refractivity contribution in [2.45, 2.75) is 32.9 Å². The lowest BCUT2D eigenvalue weighted by Gasteiger charge is -2.17. The first kappa shape index (κ1) is 17.2. The van der Waals surface area contributed by atoms with E-state index in [0.29, 0.717) is 17.9 Å². The quantitative estimate of drug-likeness (QED) is 0.881. The van der Waals surface area contributed by atoms with E-state index in [1.54, 1.807) is 16.9 Å². The molecule has 2 aromatic rings. The zero-order chi connectivity index (χ0) is 17.0. The Hall–Kier alpha value is -2.15. The third-order valence-electron chi connectivity index (χ3n) is 3.57. The molecule has 0 fully saturated rings. The first-order valence-corrected chi connectivity index (χ1v) is 8.08. The Morgan fingerprint density at radius 3 is 2.83 bits per heavy atom. The van der Waals surface area contributed by atoms with Crippen molar-refractivity contribution in [3.05, 3.63) is 50.3 Å². The topological polar surface area (TPSA) is 60.3 Å². The Morgan fingerprint density at radius 1 is 1.48 bits per heavy atom. The van der Waals surface area contributed by atoms with Gasteiger partial charge in [-0.1, -0.05) is 11.3 Å². The van der Waals surface area contributed by atoms with Gasteiger partial charge in [0.25, 0.3) is 0 Å². The van der Waals surface area contributed by atoms with Gasteiger partial charge in [-0.15, -0.1) is 0 Å². The van der Waals surface area contributed by atoms with E-state index in [4.69, 9.17) is 4.74 Å². The SMILES string of the molecule is COc1ccc(F)cc1[C@@H](C)NC(=O)CCn1c(C)csc1=O. The molecule has 5 nitrogen and oxygen atoms in total. The number of aromatic nitrogens is 1. The summed E-state index contributed by atoms with van der Waals surface area (Å²) in [5.74, 6) is -0.0761. The number of aryl methyl sites for hydroxylation is 1. The number of amides is 1. The summed E-state index contributed by atoms with van der Waals surface area (Å²) in [7, 11) is 1.50. The van der Waals surface area contributed by atoms with Gasteiger partial charge in [0.05, 0.1) is 13.2 Å². The summed E-state index contributed by atoms with van der Waals surface area (Å²) in [5, 5.41) is 4.57. The third-order valence-corrected chi connectivity index (χ3v) is 4.46. The molecule has 124 valence electrons. The fourth-order valence-corrected chi connectivity index (χ4v) is 3.08. The van der Waals surface area contributed by atoms with Crippen molar-refractivity contribution < 1.29 is 13.9 Å². The van der Waals surface area contributed by atoms with Crippen LogP contribution in [0, 0.1) is 12.7 Å². The molecule has 0 bridgehead atoms. The van der Waals surface area contributed by atoms with Gasteiger partial charge in [-0.2, -0.15) is 0 Å². The number of benzene rings is 1. The predicted octanol–water partition coefficient (Wildman–Crippen LogP) is 2.63. The molecule has 1 aromatic carbocycles. The maximum absolute atomic E-state index is 13.4. The minimum absolute atomic E-state index is 0.0739. The van der Waals surface area contributed by atoms with Crippen molar-refractivity contribution in [1.82, 2.24) is 9.88 Å². The summed E-state index contributed by atoms with van der Waals surface area (Å²) < 4.78 is 20.2. The minimum atomic E-state index is -0.395. The van der Waals surface area contributed by atoms with Crippen molar-refractivity contribution in [2.75, 3.05) is 7.11 Å². The highest BCUT2D eigenvalue weighted by Crippen LogP contribution is 2.25. The van der Waals surface area contributed by atoms with Gasteiger partial charge in [0.15, 0.2) is 0 Å². The van der Waals surface area contributed by atoms with Gasteiger partial charge in [0, 0.05) is 29.6 Å². The van der Waals surface area contributed by atoms with E-state index in [1.807, 2.05) is 6.92 Å². The van der Waals surface area contributed by atoms with E-state index in [1.165, 1.54) is 25.3 Å². The number of carbonyl (C=O) groups is 1. The molecule has 2 rings (SSSR count). The lowest BCUT2D eigenvalue weighted by Crippen LogP contribution is -2.29. The Morgan fingerprint density at radius 2 is 2.22 bits per heavy atom. The Bertz CT molecular complexity index is 754. The fraction of sp³-hybridized carbons (Fsp3) is 0.375. The van der Waals surface area contributed by atoms with E-state index in [2.05, 4.69) is 5.32 Å². The predicted molar refractivity (Wildman–Crippen MR) is 87.4 cm³/mol. The molecule has 7 heteroatoms. The lowest BCUT2D eigenvalue weighted by atomic mass is 10.1. The van der Waals surface area contributed by atoms with Crippen LogP contribution in [-0.2, 0) is 11.3 Å². The fourth-order valence-electron chi connectivity index (χ4n) is 2.32. The molecule has 0 unspecified atom stereocenters. The average molecular weight is 338 g/mol. The van der Waals surface area contributed by atoms with Crippen molar-refractivity contribution in [2.24, 2.45) is 0 Å². The second-order valence-electron chi connectivity index (χ2n) is 5.22. The molecule has 1 atom stereocenters. The molecular weight excluding hydrogens is 319 g/mol. The van der Waals surface area contributed by atoms with Crippen LogP contribution in [0.15, 0.2) is 28.4 Å². The molecule has 1 aromatic heterocycles. The average Bonchev–Trinajstić information content (AvgIpc) is 2.83. The first-order valence-electron chi connectivity index (χ1n) is 7.20. The Balaban J connectivity index is 2.00. The second kappa shape index (κ2) is 7.41. The van der Waals surface area contributed by atoms with Crippen LogP contribution >= 0.6 is 11.3 Å². The molecule has 0 radical (unpaired) electrons. The van der Waals surface area contributed by atoms with Gasteiger partial charge in [-0.3, -0.25) is 9.59 Å². The van der Waals surface area contributed by atoms with Crippen LogP contribution in [0.25, 0.3) is 0 Å². The summed E-state index contributed by atoms with van der Waals surface area (Å²) in [6.07, 6.45) is 0.180. The molecule has 0 aliphatic rings. The van der Waals surface area contributed by atoms with Crippen LogP contribution in [-0.4, -0.2) is 17.6 Å². The van der Waals surface area contributed by atoms with Crippen molar-refractivity contribution in [1.29, 1.82) is 0 Å². The van der Waals surface area contributed by atoms with Crippen LogP contribution in [0.2, 0.25) is 0 Å². The van der Waals surface area contributed by atoms with E-state index in [-0.39, 0.29) is 23.0 Å². The minimum Gasteiger partial charge on any atom is -0.496 e. The maximum atomic E-state index is 13.4. The van der Waals surface area contributed by atoms with Gasteiger partial charge in [-0.25, -0.2) is 4.39 Å². The number of rotatable bonds is 6. The highest BCUT2D eigenvalue weighted by atomic mass is 32.1. The number of nitrogens with one attached hydrogen (secondary N) is 1. The normalized spacial score (nSPS) is 12.0. The van der Waals surface area contributed by atoms with Crippen LogP contribution in [0.3, 0.4) is 0 Å². The summed E-state index contributed by atoms with van der Waals surface area (Å²) >= 11 is 1.12. The number of carbonyl (C=O) groups excluding carboxylic acids is 1. The summed E-state index contributed by atoms with van der Waals surface area (Å²) in [6, 6.07) is 3.79. The van der Waals surface area contributed by atoms with Crippen LogP contribution in [0.5, 0.6) is 5.75 Å². The number of hydrogen-bond acceptors (Lipinski definition) is 4. The zero-order valence-electron chi connectivity index (χ0n) is 13.3. The summed E-state index contributed by atoms with van der Waals surface area (Å²) in [5.41, 5.74) is 1.41. The molecule has 1 amide bonds. The monoisotopic (exact) mass is 338 g/mol. The van der Waals surface area contributed by atoms with E-state index in [0.717, 1.165) is 17.0 Å². The Labute approximate surface area is 137 Å². The highest BCUT2D eigenvalue weighted by molar-refractivity contribution is 7.07. The van der Waals surface area contributed by atoms with Crippen LogP contribution < -0.4 is 14.9 Å². The molecule has 0 aliphatic carbocycles. The largest absolute Gasteiger partial charge is 0.496 e. The van der Waals surface area contributed by atoms with Gasteiger partial charge < -0.3 is 14.6 Å². The molecule has 1 heterocycles. The number of thiazole rings is 1. The Kier molecular flexibility index (Phi) is 5.54. The van der Waals surface area contributed by atoms with Crippen LogP contribution in [0.1, 0.15) is 30.6 Å². The van der Waals surface area contributed by atoms with Crippen molar-refractivity contribution in [3.8, 4) is 5.75 Å². The number of hydrogen-bond donors (Lipinski definition) is 1. The molecule has 0 spiro atoms. The highest BCUT2D eigenvalue weighted by Gasteiger charge is 2.15. The standard InChI is InChI=1S/C16H19FN2O3S/c1-10-9-23-16(21)19(10)7-6-15(20)18-11(2)13-8-12(17)4-5-14(13)22-3/h4-5,8-9,11H,6-7H2,1-3H3,(H,18,20)/t11-/m1/s1. The number of methoxy groups -OCH3 is 1. The van der Waals surface area contributed by atoms with E-state index < -0.39 is 6.04 Å². The van der Waals surface area contributed by atoms with Gasteiger partial charge in [0.1, 0.15) is 11.6 Å². The van der Waals surface area contributed by atoms with E-state index in [9.17, 15) is 14.0 Å². The zero-order valence-corrected chi connectivity index (χ0v) is 14.1. The molecule has 0 saturated heterocycles. The number of halogens is 1. The molecule has 1 N–H and O–H groups in total. The van der Waals surface area contributed by atoms with Crippen LogP contribution in [0.4, 0.5) is 4.39 Å². The summed E-state index contributed by atoms with van der Waals surface area (Å²) in [6.45, 7) is 3.92. The van der Waals surface area contributed by atoms with Crippen molar-refractivity contribution >= 4 is 17.2 Å². The second-order valence-corrected chi connectivity index (χ2v) is 6.04. The van der Waals surface area contributed by atoms with Gasteiger partial charge in [-0.05, 0) is 32.0 Å². The molecule has 23 heavy (non-hydrogen) atoms. The van der Waals surface area contributed by atoms with Crippen molar-refractivity contribution in [3.63, 3.8) is 0 Å². The van der Waals surface area contributed by atoms with Gasteiger partial charge in [0.2, 0.25) is 5.91 Å². The van der Waals surface area contributed by atoms with E-state index >= 15 is 0 Å². The van der Waals surface area contributed by atoms with Gasteiger partial charge >= 0.3 is 4.87 Å². The smallest absolute Gasteiger partial charge is 0.307 e. The number of ether oxygens (including phenoxy) is 1. The maximum Gasteiger partial charge on any atom is 0.307 e. The first-order chi connectivity index (χ1) is 10.9. The molecule has 0 aliphatic heterocycles. The molecule has 0 saturated carbocycles. The molecular formula is C16H19FN2O3S. The summed E-state index contributed by atoms with van der Waals surface area (Å²) in [4.78, 5) is 23.6.